The normalized spacial score (nSPS) is 12.9. The first-order chi connectivity index (χ1) is 11.4. The molecule has 0 N–H and O–H groups in total. The van der Waals surface area contributed by atoms with Crippen LogP contribution in [0.1, 0.15) is 0 Å². The summed E-state index contributed by atoms with van der Waals surface area (Å²) in [5.74, 6) is 0. The van der Waals surface area contributed by atoms with E-state index < -0.39 is 26.2 Å². The minimum atomic E-state index is -3.10. The van der Waals surface area contributed by atoms with E-state index in [1.807, 2.05) is 36.9 Å². The molecule has 0 fully saturated rings. The summed E-state index contributed by atoms with van der Waals surface area (Å²) in [5.41, 5.74) is 3.14. The number of rotatable bonds is 11. The van der Waals surface area contributed by atoms with Gasteiger partial charge in [-0.2, -0.15) is 0 Å². The van der Waals surface area contributed by atoms with Gasteiger partial charge in [0.2, 0.25) is 0 Å². The first-order valence-corrected chi connectivity index (χ1v) is 13.2. The van der Waals surface area contributed by atoms with Gasteiger partial charge in [0.15, 0.2) is 0 Å². The highest BCUT2D eigenvalue weighted by Gasteiger charge is 2.53. The molecule has 0 radical (unpaired) electrons. The zero-order valence-electron chi connectivity index (χ0n) is 14.9. The highest BCUT2D eigenvalue weighted by molar-refractivity contribution is 6.92. The molecule has 134 valence electrons. The molecule has 0 aliphatic heterocycles. The van der Waals surface area contributed by atoms with Gasteiger partial charge in [-0.15, -0.1) is 0 Å². The maximum Gasteiger partial charge on any atom is 0.519 e. The molecule has 0 aliphatic rings. The van der Waals surface area contributed by atoms with Crippen molar-refractivity contribution in [3.8, 4) is 0 Å². The van der Waals surface area contributed by atoms with E-state index >= 15 is 0 Å². The summed E-state index contributed by atoms with van der Waals surface area (Å²) in [7, 11) is -3.11. The fraction of sp³-hybridized carbons (Fsp3) is 0.333. The second kappa shape index (κ2) is 8.99. The first kappa shape index (κ1) is 21.2. The van der Waals surface area contributed by atoms with E-state index in [4.69, 9.17) is 25.9 Å². The second-order valence-corrected chi connectivity index (χ2v) is 13.9. The van der Waals surface area contributed by atoms with Gasteiger partial charge in [0.1, 0.15) is 0 Å². The smallest absolute Gasteiger partial charge is 0.387 e. The highest BCUT2D eigenvalue weighted by atomic mass is 28.5. The van der Waals surface area contributed by atoms with Crippen molar-refractivity contribution in [3.63, 3.8) is 0 Å². The number of hydrogen-bond acceptors (Lipinski definition) is 6. The summed E-state index contributed by atoms with van der Waals surface area (Å²) in [5, 5.41) is 0.894. The lowest BCUT2D eigenvalue weighted by atomic mass is 10.4. The Kier molecular flexibility index (Phi) is 7.92. The summed E-state index contributed by atoms with van der Waals surface area (Å²) in [6.45, 7) is 9.48. The van der Waals surface area contributed by atoms with E-state index in [1.165, 1.54) is 28.4 Å². The Morgan fingerprint density at radius 3 is 1.42 bits per heavy atom. The van der Waals surface area contributed by atoms with E-state index in [2.05, 4.69) is 13.2 Å². The van der Waals surface area contributed by atoms with Gasteiger partial charge in [-0.25, -0.2) is 0 Å². The number of benzene rings is 1. The van der Waals surface area contributed by atoms with Crippen LogP contribution in [0.5, 0.6) is 0 Å². The molecule has 1 aromatic rings. The molecule has 0 spiro atoms. The molecule has 0 aromatic heterocycles. The minimum Gasteiger partial charge on any atom is -0.387 e. The number of hydrogen-bond donors (Lipinski definition) is 0. The lowest BCUT2D eigenvalue weighted by Gasteiger charge is -2.38. The first-order valence-electron chi connectivity index (χ1n) is 7.32. The van der Waals surface area contributed by atoms with Crippen molar-refractivity contribution in [1.82, 2.24) is 0 Å². The van der Waals surface area contributed by atoms with Crippen molar-refractivity contribution < 1.29 is 25.9 Å². The third-order valence-electron chi connectivity index (χ3n) is 3.61. The van der Waals surface area contributed by atoms with Crippen LogP contribution in [0.3, 0.4) is 0 Å². The quantitative estimate of drug-likeness (QED) is 0.542. The highest BCUT2D eigenvalue weighted by Crippen LogP contribution is 2.23. The predicted molar refractivity (Wildman–Crippen MR) is 99.8 cm³/mol. The predicted octanol–water partition coefficient (Wildman–Crippen LogP) is 1.91. The van der Waals surface area contributed by atoms with Crippen LogP contribution in [0.4, 0.5) is 0 Å². The Labute approximate surface area is 147 Å². The van der Waals surface area contributed by atoms with Gasteiger partial charge < -0.3 is 25.9 Å². The minimum absolute atomic E-state index is 0.894. The van der Waals surface area contributed by atoms with Gasteiger partial charge in [0.25, 0.3) is 0 Å². The van der Waals surface area contributed by atoms with E-state index in [9.17, 15) is 0 Å². The molecule has 0 unspecified atom stereocenters. The molecule has 0 bridgehead atoms. The lowest BCUT2D eigenvalue weighted by Crippen LogP contribution is -2.65. The molecular formula is C15H26O6Si3. The molecule has 0 amide bonds. The summed E-state index contributed by atoms with van der Waals surface area (Å²) in [4.78, 5) is 0. The van der Waals surface area contributed by atoms with Crippen LogP contribution in [0, 0.1) is 0 Å². The van der Waals surface area contributed by atoms with Crippen molar-refractivity contribution in [2.24, 2.45) is 0 Å². The Morgan fingerprint density at radius 2 is 1.12 bits per heavy atom. The van der Waals surface area contributed by atoms with Crippen LogP contribution in [0.2, 0.25) is 6.55 Å². The second-order valence-electron chi connectivity index (χ2n) is 4.95. The molecule has 24 heavy (non-hydrogen) atoms. The topological polar surface area (TPSA) is 55.4 Å². The van der Waals surface area contributed by atoms with Gasteiger partial charge in [-0.05, 0) is 23.1 Å². The fourth-order valence-electron chi connectivity index (χ4n) is 2.17. The van der Waals surface area contributed by atoms with Gasteiger partial charge in [-0.3, -0.25) is 0 Å². The average molecular weight is 387 g/mol. The standard InChI is InChI=1S/C15H26O6Si3/c1-8-23(16-3,17-4)20-22(7,15-13-11-10-12-14-15)21-24(9-2,18-5)19-6/h8-14H,1-2H2,3-7H3. The van der Waals surface area contributed by atoms with Crippen LogP contribution in [0.15, 0.2) is 54.9 Å². The molecule has 0 saturated carbocycles. The van der Waals surface area contributed by atoms with E-state index in [0.717, 1.165) is 5.19 Å². The molecule has 9 heteroatoms. The molecule has 1 aromatic carbocycles. The maximum atomic E-state index is 6.34. The van der Waals surface area contributed by atoms with Crippen molar-refractivity contribution in [3.05, 3.63) is 54.9 Å². The van der Waals surface area contributed by atoms with Crippen molar-refractivity contribution in [1.29, 1.82) is 0 Å². The Balaban J connectivity index is 3.37. The van der Waals surface area contributed by atoms with Crippen LogP contribution >= 0.6 is 0 Å². The third-order valence-corrected chi connectivity index (χ3v) is 13.7. The lowest BCUT2D eigenvalue weighted by molar-refractivity contribution is 0.133. The monoisotopic (exact) mass is 386 g/mol. The SMILES string of the molecule is C=C[Si](OC)(OC)O[Si](C)(O[Si](C=C)(OC)OC)c1ccccc1. The molecular weight excluding hydrogens is 360 g/mol. The Hall–Kier alpha value is -0.889. The van der Waals surface area contributed by atoms with Gasteiger partial charge in [0.05, 0.1) is 0 Å². The van der Waals surface area contributed by atoms with Crippen molar-refractivity contribution in [2.45, 2.75) is 6.55 Å². The van der Waals surface area contributed by atoms with Crippen molar-refractivity contribution >= 4 is 31.4 Å². The largest absolute Gasteiger partial charge is 0.519 e. The summed E-state index contributed by atoms with van der Waals surface area (Å²) >= 11 is 0. The van der Waals surface area contributed by atoms with Crippen LogP contribution in [0.25, 0.3) is 0 Å². The van der Waals surface area contributed by atoms with E-state index in [0.29, 0.717) is 0 Å². The van der Waals surface area contributed by atoms with Crippen LogP contribution < -0.4 is 5.19 Å². The summed E-state index contributed by atoms with van der Waals surface area (Å²) in [6, 6.07) is 9.64. The van der Waals surface area contributed by atoms with E-state index in [-0.39, 0.29) is 0 Å². The van der Waals surface area contributed by atoms with Crippen LogP contribution in [-0.2, 0) is 25.9 Å². The summed E-state index contributed by atoms with van der Waals surface area (Å²) in [6.07, 6.45) is 0. The molecule has 6 nitrogen and oxygen atoms in total. The molecule has 0 saturated heterocycles. The molecule has 1 rings (SSSR count). The maximum absolute atomic E-state index is 6.34. The van der Waals surface area contributed by atoms with Gasteiger partial charge >= 0.3 is 26.2 Å². The van der Waals surface area contributed by atoms with Crippen LogP contribution in [-0.4, -0.2) is 54.6 Å². The van der Waals surface area contributed by atoms with Gasteiger partial charge in [0, 0.05) is 28.4 Å². The van der Waals surface area contributed by atoms with Gasteiger partial charge in [-0.1, -0.05) is 43.5 Å². The zero-order chi connectivity index (χ0) is 18.3. The van der Waals surface area contributed by atoms with Crippen molar-refractivity contribution in [2.75, 3.05) is 28.4 Å². The molecule has 0 aliphatic carbocycles. The Morgan fingerprint density at radius 1 is 0.750 bits per heavy atom. The molecule has 0 heterocycles. The third kappa shape index (κ3) is 4.59. The summed E-state index contributed by atoms with van der Waals surface area (Å²) < 4.78 is 34.7. The zero-order valence-corrected chi connectivity index (χ0v) is 17.9. The average Bonchev–Trinajstić information content (AvgIpc) is 2.65. The Bertz CT molecular complexity index is 505. The molecule has 0 atom stereocenters. The van der Waals surface area contributed by atoms with E-state index in [1.54, 1.807) is 11.4 Å². The fourth-order valence-corrected chi connectivity index (χ4v) is 11.8.